The van der Waals surface area contributed by atoms with Crippen LogP contribution in [-0.2, 0) is 6.42 Å². The van der Waals surface area contributed by atoms with Crippen LogP contribution in [0.5, 0.6) is 0 Å². The predicted octanol–water partition coefficient (Wildman–Crippen LogP) is 4.88. The number of nitrogens with zero attached hydrogens (tertiary/aromatic N) is 2. The molecule has 1 aromatic carbocycles. The minimum atomic E-state index is -0.221. The van der Waals surface area contributed by atoms with E-state index in [2.05, 4.69) is 29.7 Å². The summed E-state index contributed by atoms with van der Waals surface area (Å²) in [5.74, 6) is 0.542. The highest BCUT2D eigenvalue weighted by Gasteiger charge is 2.25. The van der Waals surface area contributed by atoms with Gasteiger partial charge in [0.25, 0.3) is 0 Å². The summed E-state index contributed by atoms with van der Waals surface area (Å²) in [6.07, 6.45) is 9.84. The molecule has 2 aliphatic rings. The molecule has 0 bridgehead atoms. The van der Waals surface area contributed by atoms with Gasteiger partial charge >= 0.3 is 0 Å². The van der Waals surface area contributed by atoms with E-state index in [0.717, 1.165) is 23.6 Å². The first-order valence-corrected chi connectivity index (χ1v) is 8.21. The number of anilines is 1. The van der Waals surface area contributed by atoms with Crippen molar-refractivity contribution in [1.29, 1.82) is 0 Å². The molecule has 0 heterocycles. The van der Waals surface area contributed by atoms with E-state index >= 15 is 0 Å². The van der Waals surface area contributed by atoms with Crippen LogP contribution >= 0.6 is 0 Å². The molecule has 0 atom stereocenters. The fourth-order valence-corrected chi connectivity index (χ4v) is 3.50. The zero-order valence-corrected chi connectivity index (χ0v) is 12.9. The third kappa shape index (κ3) is 3.28. The van der Waals surface area contributed by atoms with Crippen LogP contribution in [-0.4, -0.2) is 19.8 Å². The van der Waals surface area contributed by atoms with Crippen LogP contribution in [0.4, 0.5) is 15.8 Å². The van der Waals surface area contributed by atoms with Gasteiger partial charge < -0.3 is 4.90 Å². The zero-order chi connectivity index (χ0) is 14.8. The Bertz CT molecular complexity index is 516. The van der Waals surface area contributed by atoms with Crippen LogP contribution in [0.3, 0.4) is 0 Å². The lowest BCUT2D eigenvalue weighted by atomic mass is 9.93. The molecule has 0 unspecified atom stereocenters. The van der Waals surface area contributed by atoms with Gasteiger partial charge in [0, 0.05) is 13.1 Å². The van der Waals surface area contributed by atoms with Crippen LogP contribution in [0.25, 0.3) is 0 Å². The van der Waals surface area contributed by atoms with Crippen molar-refractivity contribution >= 4 is 18.1 Å². The molecule has 114 valence electrons. The summed E-state index contributed by atoms with van der Waals surface area (Å²) in [4.78, 5) is 6.19. The highest BCUT2D eigenvalue weighted by atomic mass is 19.1. The number of hydrogen-bond donors (Lipinski definition) is 0. The molecule has 2 fully saturated rings. The summed E-state index contributed by atoms with van der Waals surface area (Å²) < 4.78 is 14.3. The van der Waals surface area contributed by atoms with Crippen molar-refractivity contribution in [3.63, 3.8) is 0 Å². The topological polar surface area (TPSA) is 15.6 Å². The molecule has 0 spiro atoms. The lowest BCUT2D eigenvalue weighted by Gasteiger charge is -2.34. The summed E-state index contributed by atoms with van der Waals surface area (Å²) >= 11 is 0. The van der Waals surface area contributed by atoms with Crippen molar-refractivity contribution in [2.24, 2.45) is 10.9 Å². The fraction of sp³-hybridized carbons (Fsp3) is 0.611. The second-order valence-corrected chi connectivity index (χ2v) is 6.65. The van der Waals surface area contributed by atoms with Crippen molar-refractivity contribution in [1.82, 2.24) is 0 Å². The van der Waals surface area contributed by atoms with E-state index in [4.69, 9.17) is 0 Å². The van der Waals surface area contributed by atoms with Crippen LogP contribution < -0.4 is 4.90 Å². The smallest absolute Gasteiger partial charge is 0.151 e. The molecule has 0 amide bonds. The largest absolute Gasteiger partial charge is 0.370 e. The first-order chi connectivity index (χ1) is 10.2. The summed E-state index contributed by atoms with van der Waals surface area (Å²) in [6.45, 7) is 3.57. The van der Waals surface area contributed by atoms with Gasteiger partial charge in [0.05, 0.1) is 5.69 Å². The fourth-order valence-electron chi connectivity index (χ4n) is 3.50. The van der Waals surface area contributed by atoms with E-state index in [9.17, 15) is 4.39 Å². The summed E-state index contributed by atoms with van der Waals surface area (Å²) in [5.41, 5.74) is 2.45. The Hall–Kier alpha value is -1.38. The van der Waals surface area contributed by atoms with Crippen molar-refractivity contribution < 1.29 is 4.39 Å². The maximum Gasteiger partial charge on any atom is 0.151 e. The standard InChI is InChI=1S/C18H25FN2/c1-20-18-16(19)11-14(10-13-8-9-13)12-17(18)21(2)15-6-4-3-5-7-15/h11-13,15H,1,3-10H2,2H3. The van der Waals surface area contributed by atoms with Gasteiger partial charge in [-0.3, -0.25) is 4.99 Å². The highest BCUT2D eigenvalue weighted by Crippen LogP contribution is 2.38. The summed E-state index contributed by atoms with van der Waals surface area (Å²) in [6, 6.07) is 4.30. The van der Waals surface area contributed by atoms with E-state index in [1.54, 1.807) is 6.07 Å². The van der Waals surface area contributed by atoms with Gasteiger partial charge in [0.1, 0.15) is 5.69 Å². The van der Waals surface area contributed by atoms with Crippen molar-refractivity contribution in [2.75, 3.05) is 11.9 Å². The van der Waals surface area contributed by atoms with Crippen LogP contribution in [0.2, 0.25) is 0 Å². The van der Waals surface area contributed by atoms with E-state index < -0.39 is 0 Å². The molecular formula is C18H25FN2. The maximum absolute atomic E-state index is 14.3. The molecule has 0 N–H and O–H groups in total. The van der Waals surface area contributed by atoms with Crippen molar-refractivity contribution in [2.45, 2.75) is 57.4 Å². The van der Waals surface area contributed by atoms with Gasteiger partial charge in [-0.2, -0.15) is 0 Å². The molecule has 0 aromatic heterocycles. The lowest BCUT2D eigenvalue weighted by Crippen LogP contribution is -2.33. The molecule has 0 saturated heterocycles. The molecule has 2 nitrogen and oxygen atoms in total. The number of halogens is 1. The molecule has 2 saturated carbocycles. The SMILES string of the molecule is C=Nc1c(F)cc(CC2CC2)cc1N(C)C1CCCCC1. The first-order valence-electron chi connectivity index (χ1n) is 8.21. The Morgan fingerprint density at radius 3 is 2.52 bits per heavy atom. The number of rotatable bonds is 5. The van der Waals surface area contributed by atoms with E-state index in [-0.39, 0.29) is 5.82 Å². The number of aliphatic imine (C=N–C) groups is 1. The summed E-state index contributed by atoms with van der Waals surface area (Å²) in [7, 11) is 2.08. The normalized spacial score (nSPS) is 19.5. The van der Waals surface area contributed by atoms with Gasteiger partial charge in [-0.25, -0.2) is 4.39 Å². The van der Waals surface area contributed by atoms with Gasteiger partial charge in [0.15, 0.2) is 5.82 Å². The molecular weight excluding hydrogens is 263 g/mol. The third-order valence-electron chi connectivity index (χ3n) is 4.98. The molecule has 0 aliphatic heterocycles. The molecule has 3 heteroatoms. The minimum absolute atomic E-state index is 0.221. The van der Waals surface area contributed by atoms with Crippen LogP contribution in [0.1, 0.15) is 50.5 Å². The average molecular weight is 288 g/mol. The van der Waals surface area contributed by atoms with Gasteiger partial charge in [-0.15, -0.1) is 0 Å². The molecule has 1 aromatic rings. The Balaban J connectivity index is 1.89. The monoisotopic (exact) mass is 288 g/mol. The Morgan fingerprint density at radius 2 is 1.90 bits per heavy atom. The van der Waals surface area contributed by atoms with Crippen molar-refractivity contribution in [3.05, 3.63) is 23.5 Å². The first kappa shape index (κ1) is 14.6. The molecule has 2 aliphatic carbocycles. The molecule has 21 heavy (non-hydrogen) atoms. The predicted molar refractivity (Wildman–Crippen MR) is 87.3 cm³/mol. The molecule has 0 radical (unpaired) electrons. The van der Waals surface area contributed by atoms with E-state index in [1.165, 1.54) is 44.9 Å². The quantitative estimate of drug-likeness (QED) is 0.705. The van der Waals surface area contributed by atoms with Crippen molar-refractivity contribution in [3.8, 4) is 0 Å². The second-order valence-electron chi connectivity index (χ2n) is 6.65. The Kier molecular flexibility index (Phi) is 4.27. The molecule has 3 rings (SSSR count). The Morgan fingerprint density at radius 1 is 1.19 bits per heavy atom. The van der Waals surface area contributed by atoms with Gasteiger partial charge in [-0.05, 0) is 62.4 Å². The van der Waals surface area contributed by atoms with Crippen LogP contribution in [0, 0.1) is 11.7 Å². The maximum atomic E-state index is 14.3. The van der Waals surface area contributed by atoms with Crippen LogP contribution in [0.15, 0.2) is 17.1 Å². The second kappa shape index (κ2) is 6.17. The Labute approximate surface area is 127 Å². The van der Waals surface area contributed by atoms with Gasteiger partial charge in [-0.1, -0.05) is 19.3 Å². The average Bonchev–Trinajstić information content (AvgIpc) is 3.31. The van der Waals surface area contributed by atoms with E-state index in [1.807, 2.05) is 0 Å². The summed E-state index contributed by atoms with van der Waals surface area (Å²) in [5, 5.41) is 0. The minimum Gasteiger partial charge on any atom is -0.370 e. The number of benzene rings is 1. The lowest BCUT2D eigenvalue weighted by molar-refractivity contribution is 0.427. The number of hydrogen-bond acceptors (Lipinski definition) is 2. The zero-order valence-electron chi connectivity index (χ0n) is 12.9. The van der Waals surface area contributed by atoms with E-state index in [0.29, 0.717) is 11.7 Å². The van der Waals surface area contributed by atoms with Gasteiger partial charge in [0.2, 0.25) is 0 Å². The third-order valence-corrected chi connectivity index (χ3v) is 4.98. The highest BCUT2D eigenvalue weighted by molar-refractivity contribution is 5.71.